The molecule has 0 spiro atoms. The number of ether oxygens (including phenoxy) is 1. The van der Waals surface area contributed by atoms with Crippen LogP contribution in [0.4, 0.5) is 0 Å². The zero-order valence-electron chi connectivity index (χ0n) is 7.77. The van der Waals surface area contributed by atoms with E-state index in [2.05, 4.69) is 19.9 Å². The van der Waals surface area contributed by atoms with Crippen LogP contribution in [0.15, 0.2) is 6.33 Å². The molecule has 0 atom stereocenters. The molecule has 2 aromatic rings. The Bertz CT molecular complexity index is 459. The Balaban J connectivity index is 2.27. The van der Waals surface area contributed by atoms with Gasteiger partial charge in [0.2, 0.25) is 11.2 Å². The highest BCUT2D eigenvalue weighted by Gasteiger charge is 2.09. The number of imidazole rings is 1. The first kappa shape index (κ1) is 10.1. The molecule has 2 rings (SSSR count). The second kappa shape index (κ2) is 4.41. The molecule has 0 saturated heterocycles. The number of aliphatic hydroxyl groups excluding tert-OH is 1. The van der Waals surface area contributed by atoms with Gasteiger partial charge in [-0.05, 0) is 11.6 Å². The first-order valence-electron chi connectivity index (χ1n) is 4.41. The number of rotatable bonds is 4. The quantitative estimate of drug-likeness (QED) is 0.597. The van der Waals surface area contributed by atoms with Gasteiger partial charge in [0.25, 0.3) is 0 Å². The molecule has 2 N–H and O–H groups in total. The highest BCUT2D eigenvalue weighted by atomic mass is 35.5. The fourth-order valence-electron chi connectivity index (χ4n) is 1.12. The van der Waals surface area contributed by atoms with Gasteiger partial charge in [0.15, 0.2) is 5.65 Å². The van der Waals surface area contributed by atoms with Crippen molar-refractivity contribution >= 4 is 22.8 Å². The first-order valence-corrected chi connectivity index (χ1v) is 4.79. The Kier molecular flexibility index (Phi) is 2.98. The van der Waals surface area contributed by atoms with Crippen LogP contribution in [0, 0.1) is 0 Å². The predicted molar refractivity (Wildman–Crippen MR) is 53.9 cm³/mol. The fraction of sp³-hybridized carbons (Fsp3) is 0.375. The van der Waals surface area contributed by atoms with E-state index in [9.17, 15) is 0 Å². The average Bonchev–Trinajstić information content (AvgIpc) is 2.65. The maximum Gasteiger partial charge on any atom is 0.244 e. The lowest BCUT2D eigenvalue weighted by atomic mass is 10.5. The standard InChI is InChI=1S/C8H9ClN4O2/c9-8-12-6-5(10-4-11-6)7(13-8)15-3-1-2-14/h4,14H,1-3H2,(H,10,11,12,13). The van der Waals surface area contributed by atoms with E-state index in [1.807, 2.05) is 0 Å². The van der Waals surface area contributed by atoms with Gasteiger partial charge < -0.3 is 14.8 Å². The van der Waals surface area contributed by atoms with E-state index in [1.54, 1.807) is 0 Å². The van der Waals surface area contributed by atoms with Crippen LogP contribution in [0.1, 0.15) is 6.42 Å². The second-order valence-electron chi connectivity index (χ2n) is 2.82. The number of aliphatic hydroxyl groups is 1. The summed E-state index contributed by atoms with van der Waals surface area (Å²) in [5, 5.41) is 8.70. The summed E-state index contributed by atoms with van der Waals surface area (Å²) in [5.41, 5.74) is 1.08. The van der Waals surface area contributed by atoms with Gasteiger partial charge in [-0.2, -0.15) is 9.97 Å². The highest BCUT2D eigenvalue weighted by molar-refractivity contribution is 6.28. The lowest BCUT2D eigenvalue weighted by Gasteiger charge is -2.04. The van der Waals surface area contributed by atoms with Crippen LogP contribution in [-0.2, 0) is 0 Å². The number of fused-ring (bicyclic) bond motifs is 1. The molecule has 2 heterocycles. The van der Waals surface area contributed by atoms with Crippen LogP contribution in [0.2, 0.25) is 5.28 Å². The van der Waals surface area contributed by atoms with Crippen LogP contribution in [0.25, 0.3) is 11.2 Å². The Hall–Kier alpha value is -1.40. The monoisotopic (exact) mass is 228 g/mol. The Morgan fingerprint density at radius 2 is 2.33 bits per heavy atom. The normalized spacial score (nSPS) is 10.8. The maximum absolute atomic E-state index is 8.61. The first-order chi connectivity index (χ1) is 7.31. The molecule has 0 amide bonds. The SMILES string of the molecule is OCCCOc1nc(Cl)nc2nc[nH]c12. The van der Waals surface area contributed by atoms with Crippen molar-refractivity contribution in [3.05, 3.63) is 11.6 Å². The molecule has 6 nitrogen and oxygen atoms in total. The molecule has 0 radical (unpaired) electrons. The highest BCUT2D eigenvalue weighted by Crippen LogP contribution is 2.20. The minimum absolute atomic E-state index is 0.0743. The van der Waals surface area contributed by atoms with E-state index in [0.29, 0.717) is 30.1 Å². The van der Waals surface area contributed by atoms with E-state index >= 15 is 0 Å². The van der Waals surface area contributed by atoms with Crippen molar-refractivity contribution in [3.63, 3.8) is 0 Å². The zero-order chi connectivity index (χ0) is 10.7. The largest absolute Gasteiger partial charge is 0.476 e. The third-order valence-electron chi connectivity index (χ3n) is 1.77. The van der Waals surface area contributed by atoms with Crippen LogP contribution < -0.4 is 4.74 Å². The Morgan fingerprint density at radius 3 is 3.13 bits per heavy atom. The van der Waals surface area contributed by atoms with Gasteiger partial charge in [0.05, 0.1) is 12.9 Å². The summed E-state index contributed by atoms with van der Waals surface area (Å²) < 4.78 is 5.33. The van der Waals surface area contributed by atoms with Crippen LogP contribution >= 0.6 is 11.6 Å². The number of nitrogens with zero attached hydrogens (tertiary/aromatic N) is 3. The van der Waals surface area contributed by atoms with E-state index < -0.39 is 0 Å². The van der Waals surface area contributed by atoms with Crippen molar-refractivity contribution in [2.24, 2.45) is 0 Å². The van der Waals surface area contributed by atoms with Crippen molar-refractivity contribution in [2.75, 3.05) is 13.2 Å². The molecule has 0 aliphatic heterocycles. The molecule has 0 aromatic carbocycles. The van der Waals surface area contributed by atoms with Crippen molar-refractivity contribution in [1.29, 1.82) is 0 Å². The number of nitrogens with one attached hydrogen (secondary N) is 1. The maximum atomic E-state index is 8.61. The molecule has 7 heteroatoms. The van der Waals surface area contributed by atoms with Crippen molar-refractivity contribution < 1.29 is 9.84 Å². The summed E-state index contributed by atoms with van der Waals surface area (Å²) in [6, 6.07) is 0. The molecule has 0 bridgehead atoms. The van der Waals surface area contributed by atoms with E-state index in [-0.39, 0.29) is 11.9 Å². The summed E-state index contributed by atoms with van der Waals surface area (Å²) in [6.45, 7) is 0.447. The van der Waals surface area contributed by atoms with Gasteiger partial charge in [-0.15, -0.1) is 0 Å². The molecule has 0 unspecified atom stereocenters. The molecule has 0 aliphatic rings. The van der Waals surface area contributed by atoms with Crippen LogP contribution in [0.5, 0.6) is 5.88 Å². The van der Waals surface area contributed by atoms with Crippen molar-refractivity contribution in [1.82, 2.24) is 19.9 Å². The van der Waals surface area contributed by atoms with Crippen molar-refractivity contribution in [3.8, 4) is 5.88 Å². The Morgan fingerprint density at radius 1 is 1.47 bits per heavy atom. The van der Waals surface area contributed by atoms with Gasteiger partial charge in [0, 0.05) is 13.0 Å². The van der Waals surface area contributed by atoms with Crippen LogP contribution in [-0.4, -0.2) is 38.3 Å². The number of aromatic nitrogens is 4. The average molecular weight is 229 g/mol. The third-order valence-corrected chi connectivity index (χ3v) is 1.94. The smallest absolute Gasteiger partial charge is 0.244 e. The molecular weight excluding hydrogens is 220 g/mol. The summed E-state index contributed by atoms with van der Waals surface area (Å²) in [5.74, 6) is 0.357. The number of aromatic amines is 1. The van der Waals surface area contributed by atoms with E-state index in [1.165, 1.54) is 6.33 Å². The summed E-state index contributed by atoms with van der Waals surface area (Å²) in [7, 11) is 0. The van der Waals surface area contributed by atoms with E-state index in [4.69, 9.17) is 21.4 Å². The molecule has 0 fully saturated rings. The van der Waals surface area contributed by atoms with E-state index in [0.717, 1.165) is 0 Å². The topological polar surface area (TPSA) is 83.9 Å². The van der Waals surface area contributed by atoms with Gasteiger partial charge in [-0.3, -0.25) is 0 Å². The summed E-state index contributed by atoms with van der Waals surface area (Å²) in [4.78, 5) is 14.6. The number of H-pyrrole nitrogens is 1. The fourth-order valence-corrected chi connectivity index (χ4v) is 1.28. The lowest BCUT2D eigenvalue weighted by Crippen LogP contribution is -2.02. The van der Waals surface area contributed by atoms with Gasteiger partial charge in [0.1, 0.15) is 5.52 Å². The zero-order valence-corrected chi connectivity index (χ0v) is 8.53. The summed E-state index contributed by atoms with van der Waals surface area (Å²) >= 11 is 5.69. The van der Waals surface area contributed by atoms with Crippen molar-refractivity contribution in [2.45, 2.75) is 6.42 Å². The number of hydrogen-bond donors (Lipinski definition) is 2. The van der Waals surface area contributed by atoms with Gasteiger partial charge in [-0.25, -0.2) is 4.98 Å². The van der Waals surface area contributed by atoms with Gasteiger partial charge in [-0.1, -0.05) is 0 Å². The molecule has 15 heavy (non-hydrogen) atoms. The molecule has 2 aromatic heterocycles. The molecular formula is C8H9ClN4O2. The number of hydrogen-bond acceptors (Lipinski definition) is 5. The minimum atomic E-state index is 0.0743. The van der Waals surface area contributed by atoms with Crippen LogP contribution in [0.3, 0.4) is 0 Å². The van der Waals surface area contributed by atoms with Gasteiger partial charge >= 0.3 is 0 Å². The third kappa shape index (κ3) is 2.16. The lowest BCUT2D eigenvalue weighted by molar-refractivity contribution is 0.230. The number of halogens is 1. The Labute approximate surface area is 90.3 Å². The molecule has 0 aliphatic carbocycles. The molecule has 0 saturated carbocycles. The molecule has 80 valence electrons. The predicted octanol–water partition coefficient (Wildman–Crippen LogP) is 0.767. The minimum Gasteiger partial charge on any atom is -0.476 e. The summed E-state index contributed by atoms with van der Waals surface area (Å²) in [6.07, 6.45) is 2.03. The second-order valence-corrected chi connectivity index (χ2v) is 3.16.